The van der Waals surface area contributed by atoms with Gasteiger partial charge in [0.25, 0.3) is 5.91 Å². The molecule has 1 saturated carbocycles. The zero-order valence-electron chi connectivity index (χ0n) is 14.9. The number of hydrogen-bond donors (Lipinski definition) is 1. The molecule has 0 aromatic heterocycles. The molecule has 0 bridgehead atoms. The van der Waals surface area contributed by atoms with E-state index in [1.54, 1.807) is 18.2 Å². The lowest BCUT2D eigenvalue weighted by Gasteiger charge is -2.16. The fourth-order valence-electron chi connectivity index (χ4n) is 3.52. The number of fused-ring (bicyclic) bond motifs is 1. The van der Waals surface area contributed by atoms with E-state index in [2.05, 4.69) is 11.4 Å². The fraction of sp³-hybridized carbons (Fsp3) is 0.300. The molecule has 27 heavy (non-hydrogen) atoms. The number of sulfonamides is 1. The summed E-state index contributed by atoms with van der Waals surface area (Å²) in [6, 6.07) is 14.8. The van der Waals surface area contributed by atoms with Gasteiger partial charge in [-0.2, -0.15) is 5.26 Å². The topological polar surface area (TPSA) is 90.3 Å². The second kappa shape index (κ2) is 6.10. The second-order valence-corrected chi connectivity index (χ2v) is 9.06. The predicted octanol–water partition coefficient (Wildman–Crippen LogP) is 2.82. The molecule has 138 valence electrons. The van der Waals surface area contributed by atoms with Gasteiger partial charge >= 0.3 is 0 Å². The number of nitriles is 1. The molecule has 2 aromatic rings. The van der Waals surface area contributed by atoms with Gasteiger partial charge in [-0.15, -0.1) is 0 Å². The molecule has 7 heteroatoms. The molecule has 1 aliphatic carbocycles. The van der Waals surface area contributed by atoms with Crippen molar-refractivity contribution in [3.8, 4) is 6.07 Å². The molecule has 0 unspecified atom stereocenters. The molecule has 1 amide bonds. The van der Waals surface area contributed by atoms with Crippen LogP contribution in [-0.4, -0.2) is 27.1 Å². The van der Waals surface area contributed by atoms with Crippen LogP contribution in [0.25, 0.3) is 0 Å². The molecule has 1 fully saturated rings. The summed E-state index contributed by atoms with van der Waals surface area (Å²) in [7, 11) is -3.30. The summed E-state index contributed by atoms with van der Waals surface area (Å²) in [4.78, 5) is 12.5. The number of anilines is 2. The molecule has 4 rings (SSSR count). The van der Waals surface area contributed by atoms with E-state index < -0.39 is 10.0 Å². The van der Waals surface area contributed by atoms with Gasteiger partial charge in [0.05, 0.1) is 23.4 Å². The Labute approximate surface area is 158 Å². The first-order chi connectivity index (χ1) is 12.8. The number of carbonyl (C=O) groups is 1. The van der Waals surface area contributed by atoms with E-state index in [1.807, 2.05) is 24.3 Å². The molecule has 2 aromatic carbocycles. The highest BCUT2D eigenvalue weighted by molar-refractivity contribution is 7.92. The summed E-state index contributed by atoms with van der Waals surface area (Å²) < 4.78 is 25.0. The fourth-order valence-corrected chi connectivity index (χ4v) is 4.48. The number of carbonyl (C=O) groups excluding carboxylic acids is 1. The molecule has 1 heterocycles. The van der Waals surface area contributed by atoms with Crippen molar-refractivity contribution in [2.24, 2.45) is 0 Å². The van der Waals surface area contributed by atoms with E-state index >= 15 is 0 Å². The van der Waals surface area contributed by atoms with Crippen molar-refractivity contribution in [3.05, 3.63) is 59.2 Å². The summed E-state index contributed by atoms with van der Waals surface area (Å²) in [6.07, 6.45) is 3.54. The van der Waals surface area contributed by atoms with Crippen molar-refractivity contribution in [2.75, 3.05) is 22.4 Å². The Morgan fingerprint density at radius 3 is 2.48 bits per heavy atom. The maximum absolute atomic E-state index is 12.5. The van der Waals surface area contributed by atoms with Gasteiger partial charge in [-0.1, -0.05) is 12.1 Å². The first-order valence-electron chi connectivity index (χ1n) is 8.76. The number of nitrogens with zero attached hydrogens (tertiary/aromatic N) is 2. The second-order valence-electron chi connectivity index (χ2n) is 7.15. The van der Waals surface area contributed by atoms with Gasteiger partial charge in [0.2, 0.25) is 10.0 Å². The number of rotatable bonds is 4. The third-order valence-corrected chi connectivity index (χ3v) is 6.43. The standard InChI is InChI=1S/C20H19N3O3S/c1-27(25,26)23-11-8-14-12-15(2-7-18(14)23)19(24)22-17-5-3-16(4-6-17)20(13-21)9-10-20/h2-7,12H,8-11H2,1H3,(H,22,24). The maximum atomic E-state index is 12.5. The van der Waals surface area contributed by atoms with Crippen molar-refractivity contribution in [2.45, 2.75) is 24.7 Å². The van der Waals surface area contributed by atoms with Crippen LogP contribution in [0.2, 0.25) is 0 Å². The van der Waals surface area contributed by atoms with Crippen LogP contribution in [0.5, 0.6) is 0 Å². The lowest BCUT2D eigenvalue weighted by molar-refractivity contribution is 0.102. The average Bonchev–Trinajstić information content (AvgIpc) is 3.32. The predicted molar refractivity (Wildman–Crippen MR) is 103 cm³/mol. The smallest absolute Gasteiger partial charge is 0.255 e. The Hall–Kier alpha value is -2.85. The SMILES string of the molecule is CS(=O)(=O)N1CCc2cc(C(=O)Nc3ccc(C4(C#N)CC4)cc3)ccc21. The van der Waals surface area contributed by atoms with Crippen molar-refractivity contribution >= 4 is 27.3 Å². The molecule has 0 spiro atoms. The third-order valence-electron chi connectivity index (χ3n) is 5.25. The highest BCUT2D eigenvalue weighted by atomic mass is 32.2. The highest BCUT2D eigenvalue weighted by Gasteiger charge is 2.44. The first-order valence-corrected chi connectivity index (χ1v) is 10.6. The van der Waals surface area contributed by atoms with Gasteiger partial charge < -0.3 is 5.32 Å². The van der Waals surface area contributed by atoms with Crippen molar-refractivity contribution in [3.63, 3.8) is 0 Å². The summed E-state index contributed by atoms with van der Waals surface area (Å²) in [5.74, 6) is -0.246. The summed E-state index contributed by atoms with van der Waals surface area (Å²) in [5, 5.41) is 12.1. The van der Waals surface area contributed by atoms with E-state index in [9.17, 15) is 18.5 Å². The van der Waals surface area contributed by atoms with Crippen molar-refractivity contribution in [1.29, 1.82) is 5.26 Å². The van der Waals surface area contributed by atoms with Crippen molar-refractivity contribution in [1.82, 2.24) is 0 Å². The minimum Gasteiger partial charge on any atom is -0.322 e. The third kappa shape index (κ3) is 3.17. The van der Waals surface area contributed by atoms with Crippen LogP contribution in [0.4, 0.5) is 11.4 Å². The van der Waals surface area contributed by atoms with Gasteiger partial charge in [0, 0.05) is 17.8 Å². The lowest BCUT2D eigenvalue weighted by atomic mass is 9.97. The number of amides is 1. The van der Waals surface area contributed by atoms with Crippen LogP contribution in [0, 0.1) is 11.3 Å². The molecular formula is C20H19N3O3S. The summed E-state index contributed by atoms with van der Waals surface area (Å²) >= 11 is 0. The van der Waals surface area contributed by atoms with Crippen LogP contribution in [0.1, 0.15) is 34.3 Å². The minimum absolute atomic E-state index is 0.246. The van der Waals surface area contributed by atoms with Crippen LogP contribution in [0.15, 0.2) is 42.5 Å². The lowest BCUT2D eigenvalue weighted by Crippen LogP contribution is -2.27. The van der Waals surface area contributed by atoms with E-state index in [0.29, 0.717) is 29.9 Å². The Balaban J connectivity index is 1.50. The largest absolute Gasteiger partial charge is 0.322 e. The zero-order valence-corrected chi connectivity index (χ0v) is 15.7. The maximum Gasteiger partial charge on any atom is 0.255 e. The first kappa shape index (κ1) is 17.6. The molecule has 1 N–H and O–H groups in total. The molecule has 2 aliphatic rings. The van der Waals surface area contributed by atoms with Gasteiger partial charge in [0.1, 0.15) is 0 Å². The van der Waals surface area contributed by atoms with Crippen LogP contribution in [0.3, 0.4) is 0 Å². The Kier molecular flexibility index (Phi) is 3.97. The van der Waals surface area contributed by atoms with Gasteiger partial charge in [-0.3, -0.25) is 9.10 Å². The van der Waals surface area contributed by atoms with Gasteiger partial charge in [-0.25, -0.2) is 8.42 Å². The minimum atomic E-state index is -3.30. The van der Waals surface area contributed by atoms with E-state index in [1.165, 1.54) is 10.6 Å². The quantitative estimate of drug-likeness (QED) is 0.882. The zero-order chi connectivity index (χ0) is 19.2. The van der Waals surface area contributed by atoms with Crippen LogP contribution >= 0.6 is 0 Å². The summed E-state index contributed by atoms with van der Waals surface area (Å²) in [5.41, 5.74) is 3.30. The Bertz CT molecular complexity index is 1060. The molecule has 0 atom stereocenters. The Morgan fingerprint density at radius 2 is 1.89 bits per heavy atom. The highest BCUT2D eigenvalue weighted by Crippen LogP contribution is 2.47. The Morgan fingerprint density at radius 1 is 1.19 bits per heavy atom. The van der Waals surface area contributed by atoms with Crippen LogP contribution < -0.4 is 9.62 Å². The monoisotopic (exact) mass is 381 g/mol. The average molecular weight is 381 g/mol. The van der Waals surface area contributed by atoms with Gasteiger partial charge in [-0.05, 0) is 60.7 Å². The molecule has 6 nitrogen and oxygen atoms in total. The number of benzene rings is 2. The van der Waals surface area contributed by atoms with E-state index in [-0.39, 0.29) is 11.3 Å². The van der Waals surface area contributed by atoms with E-state index in [4.69, 9.17) is 0 Å². The molecule has 0 saturated heterocycles. The van der Waals surface area contributed by atoms with Gasteiger partial charge in [0.15, 0.2) is 0 Å². The number of nitrogens with one attached hydrogen (secondary N) is 1. The molecule has 0 radical (unpaired) electrons. The van der Waals surface area contributed by atoms with Crippen LogP contribution in [-0.2, 0) is 21.9 Å². The number of hydrogen-bond acceptors (Lipinski definition) is 4. The summed E-state index contributed by atoms with van der Waals surface area (Å²) in [6.45, 7) is 0.404. The molecular weight excluding hydrogens is 362 g/mol. The van der Waals surface area contributed by atoms with E-state index in [0.717, 1.165) is 24.0 Å². The normalized spacial score (nSPS) is 17.1. The van der Waals surface area contributed by atoms with Crippen molar-refractivity contribution < 1.29 is 13.2 Å². The molecule has 1 aliphatic heterocycles.